The zero-order valence-corrected chi connectivity index (χ0v) is 17.1. The van der Waals surface area contributed by atoms with Crippen molar-refractivity contribution in [3.8, 4) is 5.75 Å². The monoisotopic (exact) mass is 430 g/mol. The lowest BCUT2D eigenvalue weighted by Crippen LogP contribution is -2.30. The van der Waals surface area contributed by atoms with Crippen LogP contribution >= 0.6 is 11.6 Å². The van der Waals surface area contributed by atoms with Crippen LogP contribution in [-0.4, -0.2) is 36.9 Å². The quantitative estimate of drug-likeness (QED) is 0.557. The standard InChI is InChI=1S/C21H19ClN2O6/c1-12(20(27)23-16-11-14(22)6-7-17(16)29-2)30-21(28)13-4-3-5-15(10-13)24-18(25)8-9-19(24)26/h3-7,10-12H,8-9H2,1-2H3,(H,23,27). The summed E-state index contributed by atoms with van der Waals surface area (Å²) in [5, 5.41) is 3.00. The van der Waals surface area contributed by atoms with E-state index in [1.807, 2.05) is 0 Å². The van der Waals surface area contributed by atoms with Gasteiger partial charge in [-0.3, -0.25) is 19.3 Å². The maximum Gasteiger partial charge on any atom is 0.338 e. The van der Waals surface area contributed by atoms with Crippen LogP contribution < -0.4 is 15.0 Å². The summed E-state index contributed by atoms with van der Waals surface area (Å²) in [7, 11) is 1.45. The van der Waals surface area contributed by atoms with Gasteiger partial charge >= 0.3 is 5.97 Å². The Morgan fingerprint density at radius 3 is 2.47 bits per heavy atom. The van der Waals surface area contributed by atoms with E-state index in [9.17, 15) is 19.2 Å². The van der Waals surface area contributed by atoms with Gasteiger partial charge < -0.3 is 14.8 Å². The van der Waals surface area contributed by atoms with E-state index in [1.165, 1.54) is 38.3 Å². The summed E-state index contributed by atoms with van der Waals surface area (Å²) >= 11 is 5.95. The molecule has 1 aliphatic rings. The molecule has 1 heterocycles. The first-order valence-corrected chi connectivity index (χ1v) is 9.49. The number of nitrogens with zero attached hydrogens (tertiary/aromatic N) is 1. The Hall–Kier alpha value is -3.39. The van der Waals surface area contributed by atoms with Crippen LogP contribution in [0.5, 0.6) is 5.75 Å². The van der Waals surface area contributed by atoms with Crippen LogP contribution in [0.2, 0.25) is 5.02 Å². The van der Waals surface area contributed by atoms with Crippen LogP contribution in [0.15, 0.2) is 42.5 Å². The number of methoxy groups -OCH3 is 1. The van der Waals surface area contributed by atoms with Crippen molar-refractivity contribution in [1.29, 1.82) is 0 Å². The van der Waals surface area contributed by atoms with Gasteiger partial charge in [0.15, 0.2) is 6.10 Å². The highest BCUT2D eigenvalue weighted by Crippen LogP contribution is 2.28. The minimum atomic E-state index is -1.13. The lowest BCUT2D eigenvalue weighted by molar-refractivity contribution is -0.124. The molecule has 2 aromatic rings. The second-order valence-electron chi connectivity index (χ2n) is 6.55. The predicted molar refractivity (Wildman–Crippen MR) is 110 cm³/mol. The first kappa shape index (κ1) is 21.3. The molecule has 30 heavy (non-hydrogen) atoms. The van der Waals surface area contributed by atoms with Crippen LogP contribution in [0.1, 0.15) is 30.1 Å². The Kier molecular flexibility index (Phi) is 6.37. The van der Waals surface area contributed by atoms with Gasteiger partial charge in [-0.05, 0) is 43.3 Å². The smallest absolute Gasteiger partial charge is 0.338 e. The van der Waals surface area contributed by atoms with Crippen molar-refractivity contribution >= 4 is 46.7 Å². The third-order valence-electron chi connectivity index (χ3n) is 4.46. The molecule has 9 heteroatoms. The number of halogens is 1. The number of amides is 3. The average molecular weight is 431 g/mol. The normalized spacial score (nSPS) is 14.4. The number of ether oxygens (including phenoxy) is 2. The van der Waals surface area contributed by atoms with Gasteiger partial charge in [0.25, 0.3) is 5.91 Å². The molecular formula is C21H19ClN2O6. The Labute approximate surface area is 177 Å². The molecule has 0 saturated carbocycles. The van der Waals surface area contributed by atoms with Crippen molar-refractivity contribution < 1.29 is 28.7 Å². The molecule has 1 N–H and O–H groups in total. The highest BCUT2D eigenvalue weighted by molar-refractivity contribution is 6.31. The van der Waals surface area contributed by atoms with Gasteiger partial charge in [0.05, 0.1) is 24.0 Å². The van der Waals surface area contributed by atoms with Gasteiger partial charge in [-0.25, -0.2) is 4.79 Å². The fourth-order valence-electron chi connectivity index (χ4n) is 2.93. The first-order valence-electron chi connectivity index (χ1n) is 9.11. The number of rotatable bonds is 6. The Morgan fingerprint density at radius 2 is 1.80 bits per heavy atom. The first-order chi connectivity index (χ1) is 14.3. The number of esters is 1. The van der Waals surface area contributed by atoms with Gasteiger partial charge in [0.2, 0.25) is 11.8 Å². The van der Waals surface area contributed by atoms with Crippen molar-refractivity contribution in [1.82, 2.24) is 0 Å². The second-order valence-corrected chi connectivity index (χ2v) is 6.99. The number of imide groups is 1. The van der Waals surface area contributed by atoms with E-state index >= 15 is 0 Å². The van der Waals surface area contributed by atoms with E-state index < -0.39 is 18.0 Å². The molecule has 3 amide bonds. The fourth-order valence-corrected chi connectivity index (χ4v) is 3.10. The predicted octanol–water partition coefficient (Wildman–Crippen LogP) is 3.19. The van der Waals surface area contributed by atoms with Crippen molar-refractivity contribution in [3.63, 3.8) is 0 Å². The van der Waals surface area contributed by atoms with Gasteiger partial charge in [-0.15, -0.1) is 0 Å². The lowest BCUT2D eigenvalue weighted by Gasteiger charge is -2.17. The summed E-state index contributed by atoms with van der Waals surface area (Å²) in [6.45, 7) is 1.42. The van der Waals surface area contributed by atoms with Crippen LogP contribution in [-0.2, 0) is 19.1 Å². The lowest BCUT2D eigenvalue weighted by atomic mass is 10.2. The van der Waals surface area contributed by atoms with Crippen LogP contribution in [0.25, 0.3) is 0 Å². The Balaban J connectivity index is 1.69. The molecule has 8 nitrogen and oxygen atoms in total. The molecule has 156 valence electrons. The third kappa shape index (κ3) is 4.60. The number of nitrogens with one attached hydrogen (secondary N) is 1. The number of hydrogen-bond donors (Lipinski definition) is 1. The molecule has 0 aliphatic carbocycles. The molecule has 0 aromatic heterocycles. The summed E-state index contributed by atoms with van der Waals surface area (Å²) in [6, 6.07) is 10.7. The summed E-state index contributed by atoms with van der Waals surface area (Å²) in [4.78, 5) is 49.8. The maximum atomic E-state index is 12.5. The van der Waals surface area contributed by atoms with E-state index in [2.05, 4.69) is 5.32 Å². The SMILES string of the molecule is COc1ccc(Cl)cc1NC(=O)C(C)OC(=O)c1cccc(N2C(=O)CCC2=O)c1. The number of carbonyl (C=O) groups excluding carboxylic acids is 4. The number of carbonyl (C=O) groups is 4. The minimum Gasteiger partial charge on any atom is -0.495 e. The van der Waals surface area contributed by atoms with E-state index in [0.29, 0.717) is 16.5 Å². The molecule has 1 saturated heterocycles. The molecule has 1 fully saturated rings. The molecule has 0 spiro atoms. The molecule has 2 aromatic carbocycles. The molecule has 0 bridgehead atoms. The zero-order chi connectivity index (χ0) is 21.8. The summed E-state index contributed by atoms with van der Waals surface area (Å²) in [5.41, 5.74) is 0.739. The van der Waals surface area contributed by atoms with Crippen LogP contribution in [0, 0.1) is 0 Å². The van der Waals surface area contributed by atoms with Gasteiger partial charge in [-0.2, -0.15) is 0 Å². The van der Waals surface area contributed by atoms with E-state index in [4.69, 9.17) is 21.1 Å². The van der Waals surface area contributed by atoms with Gasteiger partial charge in [-0.1, -0.05) is 17.7 Å². The molecule has 1 aliphatic heterocycles. The summed E-state index contributed by atoms with van der Waals surface area (Å²) < 4.78 is 10.4. The Morgan fingerprint density at radius 1 is 1.10 bits per heavy atom. The zero-order valence-electron chi connectivity index (χ0n) is 16.3. The topological polar surface area (TPSA) is 102 Å². The van der Waals surface area contributed by atoms with E-state index in [1.54, 1.807) is 18.2 Å². The van der Waals surface area contributed by atoms with Gasteiger partial charge in [0, 0.05) is 17.9 Å². The second kappa shape index (κ2) is 8.96. The molecule has 1 atom stereocenters. The molecule has 1 unspecified atom stereocenters. The number of anilines is 2. The van der Waals surface area contributed by atoms with Crippen LogP contribution in [0.3, 0.4) is 0 Å². The van der Waals surface area contributed by atoms with Crippen molar-refractivity contribution in [2.45, 2.75) is 25.9 Å². The van der Waals surface area contributed by atoms with Crippen LogP contribution in [0.4, 0.5) is 11.4 Å². The van der Waals surface area contributed by atoms with E-state index in [0.717, 1.165) is 4.90 Å². The van der Waals surface area contributed by atoms with Crippen molar-refractivity contribution in [2.24, 2.45) is 0 Å². The summed E-state index contributed by atoms with van der Waals surface area (Å²) in [5.74, 6) is -1.59. The molecule has 3 rings (SSSR count). The van der Waals surface area contributed by atoms with Crippen molar-refractivity contribution in [2.75, 3.05) is 17.3 Å². The minimum absolute atomic E-state index is 0.111. The van der Waals surface area contributed by atoms with E-state index in [-0.39, 0.29) is 35.9 Å². The maximum absolute atomic E-state index is 12.5. The Bertz CT molecular complexity index is 1010. The largest absolute Gasteiger partial charge is 0.495 e. The number of hydrogen-bond acceptors (Lipinski definition) is 6. The highest BCUT2D eigenvalue weighted by atomic mass is 35.5. The summed E-state index contributed by atoms with van der Waals surface area (Å²) in [6.07, 6.45) is -0.852. The number of benzene rings is 2. The average Bonchev–Trinajstić information content (AvgIpc) is 3.06. The fraction of sp³-hybridized carbons (Fsp3) is 0.238. The van der Waals surface area contributed by atoms with Crippen molar-refractivity contribution in [3.05, 3.63) is 53.1 Å². The highest BCUT2D eigenvalue weighted by Gasteiger charge is 2.31. The molecular weight excluding hydrogens is 412 g/mol. The van der Waals surface area contributed by atoms with Gasteiger partial charge in [0.1, 0.15) is 5.75 Å². The molecule has 0 radical (unpaired) electrons. The third-order valence-corrected chi connectivity index (χ3v) is 4.70.